The maximum atomic E-state index is 13.1. The number of rotatable bonds is 7. The van der Waals surface area contributed by atoms with Crippen molar-refractivity contribution in [3.05, 3.63) is 30.1 Å². The second-order valence-electron chi connectivity index (χ2n) is 4.87. The van der Waals surface area contributed by atoms with E-state index in [0.29, 0.717) is 5.75 Å². The van der Waals surface area contributed by atoms with Crippen molar-refractivity contribution in [1.82, 2.24) is 14.9 Å². The summed E-state index contributed by atoms with van der Waals surface area (Å²) in [6, 6.07) is 7.43. The summed E-state index contributed by atoms with van der Waals surface area (Å²) in [5, 5.41) is 2.22. The molecule has 0 bridgehead atoms. The zero-order valence-electron chi connectivity index (χ0n) is 13.0. The van der Waals surface area contributed by atoms with Crippen LogP contribution in [-0.2, 0) is 17.1 Å². The van der Waals surface area contributed by atoms with Crippen molar-refractivity contribution in [2.45, 2.75) is 18.2 Å². The van der Waals surface area contributed by atoms with Gasteiger partial charge in [0.1, 0.15) is 12.4 Å². The normalized spacial score (nSPS) is 10.8. The van der Waals surface area contributed by atoms with Crippen LogP contribution in [0.5, 0.6) is 0 Å². The molecule has 0 aliphatic rings. The third-order valence-electron chi connectivity index (χ3n) is 3.15. The van der Waals surface area contributed by atoms with Crippen LogP contribution in [0.15, 0.2) is 24.3 Å². The predicted octanol–water partition coefficient (Wildman–Crippen LogP) is 2.45. The maximum absolute atomic E-state index is 13.1. The van der Waals surface area contributed by atoms with Gasteiger partial charge in [-0.2, -0.15) is 11.8 Å². The minimum atomic E-state index is -3.09. The van der Waals surface area contributed by atoms with Crippen molar-refractivity contribution < 1.29 is 13.6 Å². The summed E-state index contributed by atoms with van der Waals surface area (Å²) in [7, 11) is 0. The molecule has 0 aliphatic carbocycles. The molecule has 1 aromatic heterocycles. The lowest BCUT2D eigenvalue weighted by molar-refractivity contribution is -0.123. The lowest BCUT2D eigenvalue weighted by atomic mass is 10.3. The molecule has 3 N–H and O–H groups in total. The Labute approximate surface area is 155 Å². The van der Waals surface area contributed by atoms with Crippen molar-refractivity contribution in [3.63, 3.8) is 0 Å². The zero-order valence-corrected chi connectivity index (χ0v) is 15.4. The van der Waals surface area contributed by atoms with Gasteiger partial charge >= 0.3 is 0 Å². The van der Waals surface area contributed by atoms with Crippen LogP contribution < -0.4 is 11.1 Å². The molecular formula is C14H20Cl2F2N4OS. The van der Waals surface area contributed by atoms with Gasteiger partial charge in [-0.25, -0.2) is 13.8 Å². The number of hydrogen-bond acceptors (Lipinski definition) is 4. The summed E-state index contributed by atoms with van der Waals surface area (Å²) >= 11 is 1.58. The molecule has 0 saturated heterocycles. The van der Waals surface area contributed by atoms with Gasteiger partial charge in [-0.05, 0) is 18.4 Å². The van der Waals surface area contributed by atoms with Crippen LogP contribution in [0.25, 0.3) is 11.0 Å². The number of para-hydroxylation sites is 2. The minimum absolute atomic E-state index is 0. The second kappa shape index (κ2) is 10.0. The minimum Gasteiger partial charge on any atom is -0.348 e. The van der Waals surface area contributed by atoms with Crippen LogP contribution in [0.3, 0.4) is 0 Å². The number of carbonyl (C=O) groups is 1. The van der Waals surface area contributed by atoms with Gasteiger partial charge < -0.3 is 15.6 Å². The average Bonchev–Trinajstić information content (AvgIpc) is 2.84. The summed E-state index contributed by atoms with van der Waals surface area (Å²) in [5.41, 5.74) is 6.54. The van der Waals surface area contributed by atoms with E-state index in [1.54, 1.807) is 16.3 Å². The first-order chi connectivity index (χ1) is 10.5. The Morgan fingerprint density at radius 1 is 1.38 bits per heavy atom. The van der Waals surface area contributed by atoms with Gasteiger partial charge in [0, 0.05) is 0 Å². The fourth-order valence-electron chi connectivity index (χ4n) is 2.04. The third-order valence-corrected chi connectivity index (χ3v) is 3.70. The number of nitrogens with two attached hydrogens (primary N) is 1. The molecule has 2 rings (SSSR count). The zero-order chi connectivity index (χ0) is 16.2. The molecule has 1 aromatic carbocycles. The molecule has 0 saturated carbocycles. The Kier molecular flexibility index (Phi) is 9.57. The first-order valence-electron chi connectivity index (χ1n) is 6.74. The van der Waals surface area contributed by atoms with E-state index in [1.165, 1.54) is 0 Å². The van der Waals surface area contributed by atoms with Crippen LogP contribution in [0, 0.1) is 0 Å². The molecule has 0 atom stereocenters. The molecule has 5 nitrogen and oxygen atoms in total. The SMILES string of the molecule is CSCc1nc2ccccc2n1CC(=O)NCC(F)(F)CN.Cl.Cl. The highest BCUT2D eigenvalue weighted by Gasteiger charge is 2.27. The van der Waals surface area contributed by atoms with Gasteiger partial charge in [0.25, 0.3) is 5.92 Å². The first kappa shape index (κ1) is 22.9. The highest BCUT2D eigenvalue weighted by molar-refractivity contribution is 7.97. The second-order valence-corrected chi connectivity index (χ2v) is 5.74. The lowest BCUT2D eigenvalue weighted by Gasteiger charge is -2.15. The fraction of sp³-hybridized carbons (Fsp3) is 0.429. The molecule has 24 heavy (non-hydrogen) atoms. The number of aromatic nitrogens is 2. The van der Waals surface area contributed by atoms with Crippen LogP contribution in [0.1, 0.15) is 5.82 Å². The van der Waals surface area contributed by atoms with Gasteiger partial charge in [0.2, 0.25) is 5.91 Å². The molecule has 0 spiro atoms. The topological polar surface area (TPSA) is 72.9 Å². The number of imidazole rings is 1. The molecule has 2 aromatic rings. The Bertz CT molecular complexity index is 669. The van der Waals surface area contributed by atoms with Gasteiger partial charge in [-0.1, -0.05) is 12.1 Å². The van der Waals surface area contributed by atoms with Crippen molar-refractivity contribution in [3.8, 4) is 0 Å². The van der Waals surface area contributed by atoms with Gasteiger partial charge in [0.15, 0.2) is 0 Å². The molecule has 0 fully saturated rings. The van der Waals surface area contributed by atoms with E-state index in [9.17, 15) is 13.6 Å². The monoisotopic (exact) mass is 400 g/mol. The van der Waals surface area contributed by atoms with Crippen molar-refractivity contribution in [2.24, 2.45) is 5.73 Å². The van der Waals surface area contributed by atoms with Crippen molar-refractivity contribution in [2.75, 3.05) is 19.3 Å². The molecule has 136 valence electrons. The summed E-state index contributed by atoms with van der Waals surface area (Å²) in [5.74, 6) is -2.19. The van der Waals surface area contributed by atoms with Gasteiger partial charge in [-0.3, -0.25) is 4.79 Å². The highest BCUT2D eigenvalue weighted by atomic mass is 35.5. The number of halogens is 4. The number of nitrogens with zero attached hydrogens (tertiary/aromatic N) is 2. The summed E-state index contributed by atoms with van der Waals surface area (Å²) in [6.45, 7) is -1.59. The molecule has 1 amide bonds. The van der Waals surface area contributed by atoms with Crippen LogP contribution in [-0.4, -0.2) is 40.7 Å². The molecule has 1 heterocycles. The van der Waals surface area contributed by atoms with E-state index in [2.05, 4.69) is 10.3 Å². The Hall–Kier alpha value is -1.09. The van der Waals surface area contributed by atoms with Crippen molar-refractivity contribution in [1.29, 1.82) is 0 Å². The number of alkyl halides is 2. The molecule has 10 heteroatoms. The Morgan fingerprint density at radius 3 is 2.67 bits per heavy atom. The number of nitrogens with one attached hydrogen (secondary N) is 1. The van der Waals surface area contributed by atoms with E-state index < -0.39 is 24.9 Å². The number of carbonyl (C=O) groups excluding carboxylic acids is 1. The fourth-order valence-corrected chi connectivity index (χ4v) is 2.52. The van der Waals surface area contributed by atoms with E-state index in [0.717, 1.165) is 16.9 Å². The largest absolute Gasteiger partial charge is 0.348 e. The number of fused-ring (bicyclic) bond motifs is 1. The molecular weight excluding hydrogens is 381 g/mol. The van der Waals surface area contributed by atoms with Crippen LogP contribution in [0.4, 0.5) is 8.78 Å². The molecule has 0 radical (unpaired) electrons. The number of hydrogen-bond donors (Lipinski definition) is 2. The number of benzene rings is 1. The maximum Gasteiger partial charge on any atom is 0.277 e. The standard InChI is InChI=1S/C14H18F2N4OS.2ClH/c1-22-7-12-19-10-4-2-3-5-11(10)20(12)6-13(21)18-9-14(15,16)8-17;;/h2-5H,6-9,17H2,1H3,(H,18,21);2*1H. The molecule has 0 unspecified atom stereocenters. The smallest absolute Gasteiger partial charge is 0.277 e. The molecule has 0 aliphatic heterocycles. The lowest BCUT2D eigenvalue weighted by Crippen LogP contribution is -2.42. The summed E-state index contributed by atoms with van der Waals surface area (Å²) < 4.78 is 27.9. The van der Waals surface area contributed by atoms with E-state index >= 15 is 0 Å². The van der Waals surface area contributed by atoms with Gasteiger partial charge in [0.05, 0.1) is 29.9 Å². The van der Waals surface area contributed by atoms with E-state index in [4.69, 9.17) is 5.73 Å². The Morgan fingerprint density at radius 2 is 2.04 bits per heavy atom. The van der Waals surface area contributed by atoms with Crippen molar-refractivity contribution >= 4 is 53.5 Å². The van der Waals surface area contributed by atoms with E-state index in [1.807, 2.05) is 30.5 Å². The predicted molar refractivity (Wildman–Crippen MR) is 98.5 cm³/mol. The number of thioether (sulfide) groups is 1. The van der Waals surface area contributed by atoms with Crippen LogP contribution >= 0.6 is 36.6 Å². The third kappa shape index (κ3) is 5.77. The Balaban J connectivity index is 0.00000264. The van der Waals surface area contributed by atoms with Crippen LogP contribution in [0.2, 0.25) is 0 Å². The van der Waals surface area contributed by atoms with E-state index in [-0.39, 0.29) is 31.4 Å². The van der Waals surface area contributed by atoms with Gasteiger partial charge in [-0.15, -0.1) is 24.8 Å². The summed E-state index contributed by atoms with van der Waals surface area (Å²) in [6.07, 6.45) is 1.94. The summed E-state index contributed by atoms with van der Waals surface area (Å²) in [4.78, 5) is 16.4. The highest BCUT2D eigenvalue weighted by Crippen LogP contribution is 2.19. The average molecular weight is 401 g/mol. The quantitative estimate of drug-likeness (QED) is 0.748. The number of amides is 1. The first-order valence-corrected chi connectivity index (χ1v) is 8.14.